The van der Waals surface area contributed by atoms with Gasteiger partial charge in [-0.25, -0.2) is 9.37 Å². The molecule has 0 atom stereocenters. The van der Waals surface area contributed by atoms with Crippen LogP contribution < -0.4 is 15.0 Å². The summed E-state index contributed by atoms with van der Waals surface area (Å²) in [5, 5.41) is 3.42. The molecule has 26 heavy (non-hydrogen) atoms. The lowest BCUT2D eigenvalue weighted by Gasteiger charge is -2.27. The first kappa shape index (κ1) is 18.6. The van der Waals surface area contributed by atoms with E-state index in [4.69, 9.17) is 4.74 Å². The van der Waals surface area contributed by atoms with Crippen LogP contribution in [-0.4, -0.2) is 25.2 Å². The van der Waals surface area contributed by atoms with Crippen LogP contribution in [0, 0.1) is 5.82 Å². The Hall–Kier alpha value is -2.14. The van der Waals surface area contributed by atoms with Crippen molar-refractivity contribution in [1.82, 2.24) is 10.3 Å². The van der Waals surface area contributed by atoms with E-state index in [0.717, 1.165) is 24.5 Å². The maximum atomic E-state index is 13.8. The summed E-state index contributed by atoms with van der Waals surface area (Å²) < 4.78 is 18.8. The second-order valence-electron chi connectivity index (χ2n) is 6.81. The molecule has 1 aromatic heterocycles. The Morgan fingerprint density at radius 1 is 1.08 bits per heavy atom. The maximum Gasteiger partial charge on any atom is 0.165 e. The topological polar surface area (TPSA) is 37.4 Å². The molecule has 2 heterocycles. The molecule has 140 valence electrons. The van der Waals surface area contributed by atoms with Gasteiger partial charge in [0.25, 0.3) is 0 Å². The third-order valence-electron chi connectivity index (χ3n) is 4.88. The minimum Gasteiger partial charge on any atom is -0.494 e. The number of pyridine rings is 1. The van der Waals surface area contributed by atoms with Crippen LogP contribution in [0.1, 0.15) is 43.2 Å². The number of benzene rings is 1. The molecular weight excluding hydrogens is 329 g/mol. The summed E-state index contributed by atoms with van der Waals surface area (Å²) >= 11 is 0. The fourth-order valence-corrected chi connectivity index (χ4v) is 3.47. The minimum atomic E-state index is -0.325. The number of methoxy groups -OCH3 is 1. The van der Waals surface area contributed by atoms with Gasteiger partial charge >= 0.3 is 0 Å². The van der Waals surface area contributed by atoms with E-state index >= 15 is 0 Å². The van der Waals surface area contributed by atoms with Crippen LogP contribution in [-0.2, 0) is 13.1 Å². The zero-order valence-electron chi connectivity index (χ0n) is 15.5. The number of ether oxygens (including phenoxy) is 1. The van der Waals surface area contributed by atoms with Gasteiger partial charge in [0, 0.05) is 37.9 Å². The van der Waals surface area contributed by atoms with Gasteiger partial charge in [-0.3, -0.25) is 0 Å². The highest BCUT2D eigenvalue weighted by molar-refractivity contribution is 5.46. The molecule has 4 nitrogen and oxygen atoms in total. The van der Waals surface area contributed by atoms with E-state index in [-0.39, 0.29) is 11.6 Å². The van der Waals surface area contributed by atoms with Crippen molar-refractivity contribution in [3.63, 3.8) is 0 Å². The van der Waals surface area contributed by atoms with E-state index in [1.165, 1.54) is 50.8 Å². The second kappa shape index (κ2) is 9.53. The monoisotopic (exact) mass is 357 g/mol. The highest BCUT2D eigenvalue weighted by Gasteiger charge is 2.14. The first-order valence-corrected chi connectivity index (χ1v) is 9.50. The fourth-order valence-electron chi connectivity index (χ4n) is 3.47. The molecule has 3 rings (SSSR count). The van der Waals surface area contributed by atoms with Crippen molar-refractivity contribution in [1.29, 1.82) is 0 Å². The molecule has 1 N–H and O–H groups in total. The summed E-state index contributed by atoms with van der Waals surface area (Å²) in [4.78, 5) is 7.07. The Bertz CT molecular complexity index is 699. The molecule has 1 saturated heterocycles. The summed E-state index contributed by atoms with van der Waals surface area (Å²) in [5.74, 6) is 1.04. The van der Waals surface area contributed by atoms with E-state index < -0.39 is 0 Å². The fraction of sp³-hybridized carbons (Fsp3) is 0.476. The first-order chi connectivity index (χ1) is 12.8. The molecule has 1 aliphatic rings. The van der Waals surface area contributed by atoms with Crippen molar-refractivity contribution >= 4 is 5.82 Å². The van der Waals surface area contributed by atoms with E-state index in [2.05, 4.69) is 21.3 Å². The Kier molecular flexibility index (Phi) is 6.83. The molecule has 0 aliphatic carbocycles. The number of hydrogen-bond acceptors (Lipinski definition) is 4. The van der Waals surface area contributed by atoms with Crippen LogP contribution in [0.5, 0.6) is 5.75 Å². The number of hydrogen-bond donors (Lipinski definition) is 1. The zero-order chi connectivity index (χ0) is 18.2. The van der Waals surface area contributed by atoms with Gasteiger partial charge in [0.2, 0.25) is 0 Å². The van der Waals surface area contributed by atoms with Crippen LogP contribution in [0.25, 0.3) is 0 Å². The lowest BCUT2D eigenvalue weighted by molar-refractivity contribution is 0.386. The van der Waals surface area contributed by atoms with Gasteiger partial charge in [0.05, 0.1) is 7.11 Å². The second-order valence-corrected chi connectivity index (χ2v) is 6.81. The quantitative estimate of drug-likeness (QED) is 0.837. The predicted molar refractivity (Wildman–Crippen MR) is 103 cm³/mol. The van der Waals surface area contributed by atoms with Gasteiger partial charge in [-0.15, -0.1) is 0 Å². The third kappa shape index (κ3) is 4.94. The number of halogens is 1. The van der Waals surface area contributed by atoms with Crippen LogP contribution in [0.15, 0.2) is 36.5 Å². The Labute approximate surface area is 155 Å². The molecule has 2 aromatic rings. The third-order valence-corrected chi connectivity index (χ3v) is 4.88. The van der Waals surface area contributed by atoms with Crippen molar-refractivity contribution in [2.24, 2.45) is 0 Å². The van der Waals surface area contributed by atoms with E-state index in [9.17, 15) is 4.39 Å². The van der Waals surface area contributed by atoms with Crippen molar-refractivity contribution < 1.29 is 9.13 Å². The van der Waals surface area contributed by atoms with Gasteiger partial charge in [0.1, 0.15) is 5.82 Å². The van der Waals surface area contributed by atoms with E-state index in [1.807, 2.05) is 18.3 Å². The standard InChI is InChI=1S/C21H28FN3O/c1-26-20-10-9-17(14-19(20)22)15-23-16-18-8-7-11-24-21(18)25-12-5-3-2-4-6-13-25/h7-11,14,23H,2-6,12-13,15-16H2,1H3. The van der Waals surface area contributed by atoms with Crippen LogP contribution in [0.4, 0.5) is 10.2 Å². The molecule has 1 fully saturated rings. The summed E-state index contributed by atoms with van der Waals surface area (Å²) in [6, 6.07) is 9.19. The number of anilines is 1. The number of rotatable bonds is 6. The van der Waals surface area contributed by atoms with Gasteiger partial charge in [0.15, 0.2) is 11.6 Å². The van der Waals surface area contributed by atoms with Crippen molar-refractivity contribution in [3.05, 3.63) is 53.5 Å². The predicted octanol–water partition coefficient (Wildman–Crippen LogP) is 4.29. The minimum absolute atomic E-state index is 0.278. The maximum absolute atomic E-state index is 13.8. The summed E-state index contributed by atoms with van der Waals surface area (Å²) in [6.07, 6.45) is 8.29. The van der Waals surface area contributed by atoms with Crippen molar-refractivity contribution in [2.75, 3.05) is 25.1 Å². The molecule has 0 amide bonds. The number of nitrogens with one attached hydrogen (secondary N) is 1. The van der Waals surface area contributed by atoms with Gasteiger partial charge in [-0.1, -0.05) is 31.4 Å². The van der Waals surface area contributed by atoms with Gasteiger partial charge < -0.3 is 15.0 Å². The van der Waals surface area contributed by atoms with Crippen LogP contribution in [0.3, 0.4) is 0 Å². The molecule has 1 aromatic carbocycles. The highest BCUT2D eigenvalue weighted by atomic mass is 19.1. The Balaban J connectivity index is 1.62. The largest absolute Gasteiger partial charge is 0.494 e. The molecule has 0 spiro atoms. The SMILES string of the molecule is COc1ccc(CNCc2cccnc2N2CCCCCCC2)cc1F. The first-order valence-electron chi connectivity index (χ1n) is 9.50. The van der Waals surface area contributed by atoms with Crippen LogP contribution in [0.2, 0.25) is 0 Å². The lowest BCUT2D eigenvalue weighted by Crippen LogP contribution is -2.29. The van der Waals surface area contributed by atoms with Crippen molar-refractivity contribution in [2.45, 2.75) is 45.2 Å². The van der Waals surface area contributed by atoms with Crippen molar-refractivity contribution in [3.8, 4) is 5.75 Å². The molecule has 1 aliphatic heterocycles. The van der Waals surface area contributed by atoms with Gasteiger partial charge in [-0.05, 0) is 36.6 Å². The number of nitrogens with zero attached hydrogens (tertiary/aromatic N) is 2. The smallest absolute Gasteiger partial charge is 0.165 e. The molecule has 0 radical (unpaired) electrons. The Morgan fingerprint density at radius 2 is 1.85 bits per heavy atom. The average Bonchev–Trinajstić information content (AvgIpc) is 2.62. The highest BCUT2D eigenvalue weighted by Crippen LogP contribution is 2.21. The zero-order valence-corrected chi connectivity index (χ0v) is 15.5. The molecule has 0 saturated carbocycles. The van der Waals surface area contributed by atoms with E-state index in [1.54, 1.807) is 6.07 Å². The Morgan fingerprint density at radius 3 is 2.58 bits per heavy atom. The summed E-state index contributed by atoms with van der Waals surface area (Å²) in [6.45, 7) is 3.48. The van der Waals surface area contributed by atoms with Gasteiger partial charge in [-0.2, -0.15) is 0 Å². The molecule has 5 heteroatoms. The number of aromatic nitrogens is 1. The average molecular weight is 357 g/mol. The summed E-state index contributed by atoms with van der Waals surface area (Å²) in [7, 11) is 1.48. The summed E-state index contributed by atoms with van der Waals surface area (Å²) in [5.41, 5.74) is 2.10. The molecular formula is C21H28FN3O. The molecule has 0 unspecified atom stereocenters. The molecule has 0 bridgehead atoms. The normalized spacial score (nSPS) is 15.4. The van der Waals surface area contributed by atoms with Crippen LogP contribution >= 0.6 is 0 Å². The lowest BCUT2D eigenvalue weighted by atomic mass is 10.1. The van der Waals surface area contributed by atoms with E-state index in [0.29, 0.717) is 13.1 Å².